The Morgan fingerprint density at radius 3 is 2.69 bits per heavy atom. The number of halogens is 1. The molecule has 1 aliphatic carbocycles. The highest BCUT2D eigenvalue weighted by Gasteiger charge is 2.45. The summed E-state index contributed by atoms with van der Waals surface area (Å²) in [5.74, 6) is -2.15. The zero-order valence-corrected chi connectivity index (χ0v) is 19.8. The van der Waals surface area contributed by atoms with Gasteiger partial charge in [0.1, 0.15) is 11.7 Å². The van der Waals surface area contributed by atoms with E-state index in [1.807, 2.05) is 29.1 Å². The Bertz CT molecular complexity index is 1450. The molecule has 6 rings (SSSR count). The Morgan fingerprint density at radius 1 is 1.03 bits per heavy atom. The molecule has 0 spiro atoms. The molecule has 1 saturated heterocycles. The molecule has 2 aromatic carbocycles. The van der Waals surface area contributed by atoms with Crippen molar-refractivity contribution in [2.24, 2.45) is 0 Å². The van der Waals surface area contributed by atoms with Gasteiger partial charge in [0.15, 0.2) is 0 Å². The summed E-state index contributed by atoms with van der Waals surface area (Å²) in [6.45, 7) is 0.288. The second-order valence-electron chi connectivity index (χ2n) is 9.12. The van der Waals surface area contributed by atoms with Crippen LogP contribution in [0.3, 0.4) is 0 Å². The van der Waals surface area contributed by atoms with Crippen LogP contribution in [0.2, 0.25) is 5.02 Å². The smallest absolute Gasteiger partial charge is 0.264 e. The van der Waals surface area contributed by atoms with Gasteiger partial charge in [-0.2, -0.15) is 0 Å². The monoisotopic (exact) mass is 504 g/mol. The molecule has 2 atom stereocenters. The van der Waals surface area contributed by atoms with E-state index in [0.717, 1.165) is 22.8 Å². The van der Waals surface area contributed by atoms with E-state index < -0.39 is 29.7 Å². The normalized spacial score (nSPS) is 21.0. The predicted molar refractivity (Wildman–Crippen MR) is 128 cm³/mol. The van der Waals surface area contributed by atoms with Gasteiger partial charge < -0.3 is 5.32 Å². The zero-order chi connectivity index (χ0) is 25.0. The third kappa shape index (κ3) is 3.65. The Hall–Kier alpha value is -4.05. The highest BCUT2D eigenvalue weighted by molar-refractivity contribution is 6.30. The lowest BCUT2D eigenvalue weighted by atomic mass is 10.0. The van der Waals surface area contributed by atoms with Crippen LogP contribution in [0.15, 0.2) is 42.6 Å². The Morgan fingerprint density at radius 2 is 1.86 bits per heavy atom. The summed E-state index contributed by atoms with van der Waals surface area (Å²) >= 11 is 6.12. The van der Waals surface area contributed by atoms with Crippen molar-refractivity contribution < 1.29 is 19.2 Å². The Kier molecular flexibility index (Phi) is 5.33. The van der Waals surface area contributed by atoms with E-state index >= 15 is 0 Å². The summed E-state index contributed by atoms with van der Waals surface area (Å²) in [6, 6.07) is 9.92. The molecule has 0 saturated carbocycles. The number of aromatic nitrogens is 3. The average molecular weight is 505 g/mol. The van der Waals surface area contributed by atoms with Crippen LogP contribution in [0.25, 0.3) is 0 Å². The number of rotatable bonds is 5. The number of benzene rings is 2. The van der Waals surface area contributed by atoms with Gasteiger partial charge in [-0.25, -0.2) is 4.68 Å². The highest BCUT2D eigenvalue weighted by Crippen LogP contribution is 2.36. The van der Waals surface area contributed by atoms with Gasteiger partial charge in [-0.3, -0.25) is 29.4 Å². The first-order chi connectivity index (χ1) is 17.4. The lowest BCUT2D eigenvalue weighted by Gasteiger charge is -2.27. The molecular formula is C25H21ClN6O4. The van der Waals surface area contributed by atoms with Crippen molar-refractivity contribution in [3.63, 3.8) is 0 Å². The molecular weight excluding hydrogens is 484 g/mol. The Labute approximate surface area is 210 Å². The molecule has 3 aliphatic rings. The van der Waals surface area contributed by atoms with Crippen LogP contribution in [-0.4, -0.2) is 49.6 Å². The first-order valence-electron chi connectivity index (χ1n) is 11.7. The summed E-state index contributed by atoms with van der Waals surface area (Å²) in [6.07, 6.45) is 3.88. The van der Waals surface area contributed by atoms with Gasteiger partial charge in [-0.1, -0.05) is 28.9 Å². The van der Waals surface area contributed by atoms with Crippen LogP contribution < -0.4 is 10.6 Å². The zero-order valence-electron chi connectivity index (χ0n) is 19.0. The largest absolute Gasteiger partial charge is 0.379 e. The number of carbonyl (C=O) groups is 4. The van der Waals surface area contributed by atoms with Crippen LogP contribution in [0.1, 0.15) is 62.8 Å². The third-order valence-electron chi connectivity index (χ3n) is 6.96. The molecule has 1 fully saturated rings. The van der Waals surface area contributed by atoms with Gasteiger partial charge >= 0.3 is 0 Å². The lowest BCUT2D eigenvalue weighted by Crippen LogP contribution is -2.54. The molecule has 3 heterocycles. The average Bonchev–Trinajstić information content (AvgIpc) is 3.55. The second-order valence-corrected chi connectivity index (χ2v) is 9.55. The molecule has 3 aromatic rings. The van der Waals surface area contributed by atoms with E-state index in [0.29, 0.717) is 11.4 Å². The summed E-state index contributed by atoms with van der Waals surface area (Å²) in [5, 5.41) is 14.7. The molecule has 11 heteroatoms. The maximum absolute atomic E-state index is 13.2. The van der Waals surface area contributed by atoms with E-state index in [1.54, 1.807) is 18.2 Å². The number of hydrogen-bond acceptors (Lipinski definition) is 7. The molecule has 182 valence electrons. The number of fused-ring (bicyclic) bond motifs is 2. The topological polar surface area (TPSA) is 126 Å². The lowest BCUT2D eigenvalue weighted by molar-refractivity contribution is -0.136. The van der Waals surface area contributed by atoms with Crippen LogP contribution in [0, 0.1) is 0 Å². The predicted octanol–water partition coefficient (Wildman–Crippen LogP) is 2.48. The van der Waals surface area contributed by atoms with Gasteiger partial charge in [-0.15, -0.1) is 5.10 Å². The number of piperidine rings is 1. The number of anilines is 1. The van der Waals surface area contributed by atoms with Gasteiger partial charge in [0, 0.05) is 17.1 Å². The van der Waals surface area contributed by atoms with Gasteiger partial charge in [0.05, 0.1) is 29.9 Å². The standard InChI is InChI=1S/C25H21ClN6O4/c26-14-5-6-16-13(10-14)4-7-19(16)31-12-15(29-30-31)11-27-18-3-1-2-17-22(18)25(36)32(24(17)35)20-8-9-21(33)28-23(20)34/h1-3,5-6,10,12,19-20,27H,4,7-9,11H2,(H,28,33,34)/t19-,20?/m0/s1. The molecule has 4 amide bonds. The molecule has 1 unspecified atom stereocenters. The molecule has 0 bridgehead atoms. The van der Waals surface area contributed by atoms with E-state index in [2.05, 4.69) is 20.9 Å². The van der Waals surface area contributed by atoms with E-state index in [1.165, 1.54) is 11.1 Å². The minimum absolute atomic E-state index is 0.0725. The third-order valence-corrected chi connectivity index (χ3v) is 7.19. The fraction of sp³-hybridized carbons (Fsp3) is 0.280. The number of amides is 4. The quantitative estimate of drug-likeness (QED) is 0.511. The van der Waals surface area contributed by atoms with Gasteiger partial charge in [0.2, 0.25) is 11.8 Å². The second kappa shape index (κ2) is 8.56. The van der Waals surface area contributed by atoms with Crippen molar-refractivity contribution in [2.45, 2.75) is 44.3 Å². The number of carbonyl (C=O) groups excluding carboxylic acids is 4. The van der Waals surface area contributed by atoms with E-state index in [4.69, 9.17) is 11.6 Å². The van der Waals surface area contributed by atoms with Crippen molar-refractivity contribution in [1.29, 1.82) is 0 Å². The summed E-state index contributed by atoms with van der Waals surface area (Å²) in [4.78, 5) is 51.0. The summed E-state index contributed by atoms with van der Waals surface area (Å²) in [5.41, 5.74) is 3.97. The number of nitrogens with zero attached hydrogens (tertiary/aromatic N) is 4. The van der Waals surface area contributed by atoms with Crippen molar-refractivity contribution in [3.8, 4) is 0 Å². The highest BCUT2D eigenvalue weighted by atomic mass is 35.5. The van der Waals surface area contributed by atoms with Crippen LogP contribution in [0.4, 0.5) is 5.69 Å². The molecule has 2 N–H and O–H groups in total. The summed E-state index contributed by atoms with van der Waals surface area (Å²) < 4.78 is 1.84. The molecule has 10 nitrogen and oxygen atoms in total. The van der Waals surface area contributed by atoms with Crippen molar-refractivity contribution in [1.82, 2.24) is 25.2 Å². The maximum atomic E-state index is 13.2. The number of imide groups is 2. The fourth-order valence-electron chi connectivity index (χ4n) is 5.23. The van der Waals surface area contributed by atoms with Crippen LogP contribution >= 0.6 is 11.6 Å². The number of hydrogen-bond donors (Lipinski definition) is 2. The van der Waals surface area contributed by atoms with Crippen molar-refractivity contribution in [3.05, 3.63) is 75.6 Å². The van der Waals surface area contributed by atoms with Gasteiger partial charge in [-0.05, 0) is 54.7 Å². The molecule has 0 radical (unpaired) electrons. The molecule has 2 aliphatic heterocycles. The number of nitrogens with one attached hydrogen (secondary N) is 2. The SMILES string of the molecule is O=C1CCC(N2C(=O)c3cccc(NCc4cn([C@H]5CCc6cc(Cl)ccc65)nn4)c3C2=O)C(=O)N1. The summed E-state index contributed by atoms with van der Waals surface area (Å²) in [7, 11) is 0. The Balaban J connectivity index is 1.20. The minimum Gasteiger partial charge on any atom is -0.379 e. The van der Waals surface area contributed by atoms with E-state index in [-0.39, 0.29) is 36.6 Å². The van der Waals surface area contributed by atoms with Crippen LogP contribution in [0.5, 0.6) is 0 Å². The van der Waals surface area contributed by atoms with Crippen LogP contribution in [-0.2, 0) is 22.6 Å². The van der Waals surface area contributed by atoms with E-state index in [9.17, 15) is 19.2 Å². The first-order valence-corrected chi connectivity index (χ1v) is 12.1. The fourth-order valence-corrected chi connectivity index (χ4v) is 5.43. The molecule has 1 aromatic heterocycles. The first kappa shape index (κ1) is 22.4. The maximum Gasteiger partial charge on any atom is 0.264 e. The minimum atomic E-state index is -1.01. The molecule has 36 heavy (non-hydrogen) atoms. The van der Waals surface area contributed by atoms with Crippen molar-refractivity contribution >= 4 is 40.9 Å². The van der Waals surface area contributed by atoms with Gasteiger partial charge in [0.25, 0.3) is 11.8 Å². The van der Waals surface area contributed by atoms with Crippen molar-refractivity contribution in [2.75, 3.05) is 5.32 Å². The number of aryl methyl sites for hydroxylation is 1.